The van der Waals surface area contributed by atoms with Crippen LogP contribution in [0.2, 0.25) is 0 Å². The molecule has 2 N–H and O–H groups in total. The van der Waals surface area contributed by atoms with E-state index >= 15 is 0 Å². The second kappa shape index (κ2) is 63.6. The summed E-state index contributed by atoms with van der Waals surface area (Å²) in [5, 5.41) is 11.9. The molecule has 13 nitrogen and oxygen atoms in total. The maximum Gasteiger partial charge on any atom is 0.325 e. The van der Waals surface area contributed by atoms with Gasteiger partial charge in [-0.2, -0.15) is 16.9 Å². The molecule has 6 aliphatic heterocycles. The zero-order valence-corrected chi connectivity index (χ0v) is 49.6. The maximum atomic E-state index is 10.4. The Morgan fingerprint density at radius 2 is 1.37 bits per heavy atom. The van der Waals surface area contributed by atoms with Crippen LogP contribution in [0.3, 0.4) is 0 Å². The smallest absolute Gasteiger partial charge is 0.325 e. The van der Waals surface area contributed by atoms with Crippen molar-refractivity contribution in [3.8, 4) is 0 Å². The molecule has 6 aliphatic rings. The fraction of sp³-hybridized carbons (Fsp3) is 0.595. The Morgan fingerprint density at radius 1 is 0.780 bits per heavy atom. The SMILES string of the molecule is CC1CC=NO1.CC1CC=NS1.CC1CCOC1.CC1CCSC1.CN1CCNC1=O.CN1N=CCC1=O.Cn1cc[nH]c1=O.[CH3-].[CH3-].[CH3-].[CH3-].[CH3-].[CH3-].[CH3-].[V].[V].[V].[V].[V].[V].[V]. The minimum atomic E-state index is -0.0694. The monoisotopic (exact) mass is 1130 g/mol. The van der Waals surface area contributed by atoms with Crippen LogP contribution in [0.5, 0.6) is 0 Å². The van der Waals surface area contributed by atoms with E-state index in [2.05, 4.69) is 57.5 Å². The standard InChI is InChI=1S/C5H10O.C5H10S.C4H8N2O.2C4H6N2O.C4H7NO.C4H7NS.7CH3.7V/c2*1-5-2-3-6-4-5;2*1-6-3-2-5-4(6)7;1-6-4(7)2-3-5-6;2*1-4-2-3-5-6-4;;;;;;;;;;;;;;/h2*5H,2-4H2,1H3;2-3H2,1H3,(H,5,7);2-3H,1H3,(H,5,7);3H,2H2,1H3;2*3-4H,2H2,1H3;7*1H3;;;;;;;/q;;;;;;;7*-1;;;;;;;. The third kappa shape index (κ3) is 55.4. The molecule has 3 fully saturated rings. The topological polar surface area (TPSA) is 146 Å². The Kier molecular flexibility index (Phi) is 107. The molecule has 4 unspecified atom stereocenters. The van der Waals surface area contributed by atoms with Crippen LogP contribution in [-0.4, -0.2) is 113 Å². The van der Waals surface area contributed by atoms with Crippen molar-refractivity contribution in [3.63, 3.8) is 0 Å². The van der Waals surface area contributed by atoms with Gasteiger partial charge in [0.1, 0.15) is 6.10 Å². The van der Waals surface area contributed by atoms with Gasteiger partial charge in [0.2, 0.25) is 5.91 Å². The molecule has 59 heavy (non-hydrogen) atoms. The van der Waals surface area contributed by atoms with E-state index < -0.39 is 0 Å². The molecule has 7 rings (SSSR count). The van der Waals surface area contributed by atoms with Gasteiger partial charge in [-0.25, -0.2) is 19.0 Å². The first kappa shape index (κ1) is 98.9. The van der Waals surface area contributed by atoms with E-state index in [9.17, 15) is 14.4 Å². The third-order valence-corrected chi connectivity index (χ3v) is 8.75. The second-order valence-corrected chi connectivity index (χ2v) is 13.6. The van der Waals surface area contributed by atoms with Gasteiger partial charge in [0, 0.05) is 220 Å². The Morgan fingerprint density at radius 3 is 1.49 bits per heavy atom. The van der Waals surface area contributed by atoms with E-state index in [1.165, 1.54) is 33.9 Å². The van der Waals surface area contributed by atoms with Crippen LogP contribution < -0.4 is 11.0 Å². The summed E-state index contributed by atoms with van der Waals surface area (Å²) in [4.78, 5) is 39.9. The van der Waals surface area contributed by atoms with Crippen LogP contribution in [0, 0.1) is 63.8 Å². The first-order valence-electron chi connectivity index (χ1n) is 15.5. The summed E-state index contributed by atoms with van der Waals surface area (Å²) in [6.45, 7) is 12.3. The van der Waals surface area contributed by atoms with Crippen LogP contribution in [0.15, 0.2) is 31.8 Å². The molecule has 22 heteroatoms. The summed E-state index contributed by atoms with van der Waals surface area (Å²) in [5.41, 5.74) is -0.0694. The molecule has 0 bridgehead atoms. The van der Waals surface area contributed by atoms with E-state index in [1.54, 1.807) is 62.8 Å². The number of nitrogens with one attached hydrogen (secondary N) is 2. The zero-order chi connectivity index (χ0) is 33.5. The largest absolute Gasteiger partial charge is 0.393 e. The van der Waals surface area contributed by atoms with E-state index in [-0.39, 0.29) is 200 Å². The van der Waals surface area contributed by atoms with E-state index in [0.717, 1.165) is 56.2 Å². The van der Waals surface area contributed by atoms with Gasteiger partial charge in [-0.1, -0.05) is 25.9 Å². The van der Waals surface area contributed by atoms with Gasteiger partial charge in [-0.05, 0) is 61.5 Å². The number of H-pyrrole nitrogens is 1. The normalized spacial score (nSPS) is 19.1. The molecule has 7 radical (unpaired) electrons. The maximum absolute atomic E-state index is 10.4. The molecule has 0 aromatic carbocycles. The first-order chi connectivity index (χ1) is 21.5. The number of hydrogen-bond acceptors (Lipinski definition) is 10. The average molecular weight is 1130 g/mol. The second-order valence-electron chi connectivity index (χ2n) is 11.3. The van der Waals surface area contributed by atoms with Gasteiger partial charge >= 0.3 is 11.7 Å². The molecular formula is C37H75N8O5S2V7-7. The van der Waals surface area contributed by atoms with Crippen molar-refractivity contribution < 1.29 is 149 Å². The summed E-state index contributed by atoms with van der Waals surface area (Å²) in [7, 11) is 5.12. The molecule has 0 saturated carbocycles. The van der Waals surface area contributed by atoms with Crippen molar-refractivity contribution in [3.05, 3.63) is 74.9 Å². The number of aryl methyl sites for hydroxylation is 1. The number of ether oxygens (including phenoxy) is 1. The van der Waals surface area contributed by atoms with Crippen molar-refractivity contribution in [2.24, 2.45) is 33.5 Å². The Hall–Kier alpha value is 1.31. The predicted octanol–water partition coefficient (Wildman–Crippen LogP) is 7.40. The number of likely N-dealkylation sites (N-methyl/N-ethyl adjacent to an activating group) is 1. The van der Waals surface area contributed by atoms with Crippen molar-refractivity contribution in [2.45, 2.75) is 71.2 Å². The molecule has 0 spiro atoms. The van der Waals surface area contributed by atoms with Crippen LogP contribution in [-0.2, 0) is 151 Å². The van der Waals surface area contributed by atoms with Crippen molar-refractivity contribution in [2.75, 3.05) is 51.9 Å². The third-order valence-electron chi connectivity index (χ3n) is 6.60. The number of imidazole rings is 1. The number of hydrogen-bond donors (Lipinski definition) is 2. The Bertz CT molecular complexity index is 1070. The number of rotatable bonds is 0. The van der Waals surface area contributed by atoms with Gasteiger partial charge in [-0.15, -0.1) is 0 Å². The van der Waals surface area contributed by atoms with Crippen LogP contribution >= 0.6 is 23.7 Å². The summed E-state index contributed by atoms with van der Waals surface area (Å²) in [5.74, 6) is 4.71. The molecule has 4 atom stereocenters. The summed E-state index contributed by atoms with van der Waals surface area (Å²) < 4.78 is 10.5. The van der Waals surface area contributed by atoms with E-state index in [0.29, 0.717) is 12.5 Å². The minimum absolute atomic E-state index is 0. The van der Waals surface area contributed by atoms with Gasteiger partial charge < -0.3 is 81.3 Å². The fourth-order valence-electron chi connectivity index (χ4n) is 3.46. The summed E-state index contributed by atoms with van der Waals surface area (Å²) >= 11 is 3.75. The van der Waals surface area contributed by atoms with Crippen molar-refractivity contribution >= 4 is 54.3 Å². The first-order valence-corrected chi connectivity index (χ1v) is 17.5. The fourth-order valence-corrected chi connectivity index (χ4v) is 5.32. The quantitative estimate of drug-likeness (QED) is 0.204. The van der Waals surface area contributed by atoms with Crippen LogP contribution in [0.25, 0.3) is 0 Å². The zero-order valence-electron chi connectivity index (χ0n) is 38.1. The van der Waals surface area contributed by atoms with Crippen molar-refractivity contribution in [1.82, 2.24) is 24.8 Å². The summed E-state index contributed by atoms with van der Waals surface area (Å²) in [6.07, 6.45) is 14.3. The summed E-state index contributed by atoms with van der Waals surface area (Å²) in [6, 6.07) is 0.0417. The van der Waals surface area contributed by atoms with Crippen LogP contribution in [0.1, 0.15) is 59.8 Å². The number of oxime groups is 1. The number of carbonyl (C=O) groups excluding carboxylic acids is 2. The molecule has 3 saturated heterocycles. The number of amides is 3. The molecule has 347 valence electrons. The molecule has 3 amide bonds. The number of aromatic amines is 1. The van der Waals surface area contributed by atoms with E-state index in [4.69, 9.17) is 9.57 Å². The molecule has 7 heterocycles. The average Bonchev–Trinajstić information content (AvgIpc) is 3.85. The number of carbonyl (C=O) groups is 2. The molecular weight excluding hydrogens is 1060 g/mol. The van der Waals surface area contributed by atoms with E-state index in [1.807, 2.05) is 13.1 Å². The number of aromatic nitrogens is 2. The number of nitrogens with zero attached hydrogens (tertiary/aromatic N) is 6. The van der Waals surface area contributed by atoms with Gasteiger partial charge in [-0.3, -0.25) is 4.79 Å². The van der Waals surface area contributed by atoms with Crippen molar-refractivity contribution in [1.29, 1.82) is 0 Å². The predicted molar refractivity (Wildman–Crippen MR) is 232 cm³/mol. The van der Waals surface area contributed by atoms with Crippen LogP contribution in [0.4, 0.5) is 4.79 Å². The minimum Gasteiger partial charge on any atom is -0.393 e. The number of urea groups is 1. The van der Waals surface area contributed by atoms with Gasteiger partial charge in [0.05, 0.1) is 6.42 Å². The van der Waals surface area contributed by atoms with Gasteiger partial charge in [0.15, 0.2) is 0 Å². The molecule has 1 aromatic rings. The number of thioether (sulfide) groups is 1. The number of hydrazone groups is 1. The Balaban J connectivity index is -0.0000000321. The molecule has 1 aromatic heterocycles. The Labute approximate surface area is 454 Å². The molecule has 0 aliphatic carbocycles. The van der Waals surface area contributed by atoms with Gasteiger partial charge in [0.25, 0.3) is 0 Å².